The van der Waals surface area contributed by atoms with Gasteiger partial charge in [0.15, 0.2) is 5.13 Å². The number of hydrogen-bond acceptors (Lipinski definition) is 4. The van der Waals surface area contributed by atoms with Crippen LogP contribution < -0.4 is 14.5 Å². The van der Waals surface area contributed by atoms with Crippen molar-refractivity contribution in [3.05, 3.63) is 60.2 Å². The average Bonchev–Trinajstić information content (AvgIpc) is 3.21. The summed E-state index contributed by atoms with van der Waals surface area (Å²) < 4.78 is 6.76. The van der Waals surface area contributed by atoms with Gasteiger partial charge in [-0.3, -0.25) is 9.69 Å². The van der Waals surface area contributed by atoms with Crippen molar-refractivity contribution in [2.24, 2.45) is 0 Å². The molecule has 1 aromatic heterocycles. The van der Waals surface area contributed by atoms with E-state index in [-0.39, 0.29) is 5.91 Å². The van der Waals surface area contributed by atoms with Crippen LogP contribution >= 0.6 is 11.3 Å². The van der Waals surface area contributed by atoms with E-state index in [1.807, 2.05) is 61.5 Å². The summed E-state index contributed by atoms with van der Waals surface area (Å²) in [6, 6.07) is 15.8. The molecule has 0 saturated carbocycles. The number of rotatable bonds is 10. The number of ether oxygens (including phenoxy) is 1. The first-order chi connectivity index (χ1) is 14.7. The van der Waals surface area contributed by atoms with E-state index in [2.05, 4.69) is 13.8 Å². The second-order valence-corrected chi connectivity index (χ2v) is 7.98. The van der Waals surface area contributed by atoms with Gasteiger partial charge in [-0.1, -0.05) is 47.7 Å². The summed E-state index contributed by atoms with van der Waals surface area (Å²) in [5, 5.41) is 0.714. The summed E-state index contributed by atoms with van der Waals surface area (Å²) in [6.07, 6.45) is 3.50. The van der Waals surface area contributed by atoms with Gasteiger partial charge in [-0.25, -0.2) is 4.98 Å². The zero-order valence-corrected chi connectivity index (χ0v) is 18.7. The van der Waals surface area contributed by atoms with Crippen molar-refractivity contribution in [2.75, 3.05) is 37.7 Å². The van der Waals surface area contributed by atoms with Gasteiger partial charge in [0.1, 0.15) is 11.3 Å². The fourth-order valence-electron chi connectivity index (χ4n) is 3.29. The molecule has 0 aliphatic heterocycles. The zero-order chi connectivity index (χ0) is 21.3. The highest BCUT2D eigenvalue weighted by Crippen LogP contribution is 2.34. The molecule has 3 rings (SSSR count). The van der Waals surface area contributed by atoms with Gasteiger partial charge in [0, 0.05) is 6.08 Å². The molecular weight excluding hydrogens is 394 g/mol. The number of aromatic nitrogens is 1. The molecule has 0 unspecified atom stereocenters. The monoisotopic (exact) mass is 424 g/mol. The lowest BCUT2D eigenvalue weighted by Crippen LogP contribution is -3.12. The molecule has 0 atom stereocenters. The molecule has 0 radical (unpaired) electrons. The van der Waals surface area contributed by atoms with Gasteiger partial charge in [0.2, 0.25) is 0 Å². The van der Waals surface area contributed by atoms with Crippen LogP contribution in [0.25, 0.3) is 16.3 Å². The molecule has 5 nitrogen and oxygen atoms in total. The summed E-state index contributed by atoms with van der Waals surface area (Å²) in [5.74, 6) is 0.710. The number of likely N-dealkylation sites (N-methyl/N-ethyl adjacent to an activating group) is 1. The molecule has 158 valence electrons. The van der Waals surface area contributed by atoms with Crippen molar-refractivity contribution in [3.63, 3.8) is 0 Å². The Morgan fingerprint density at radius 2 is 1.87 bits per heavy atom. The number of hydrogen-bond donors (Lipinski definition) is 1. The predicted molar refractivity (Wildman–Crippen MR) is 126 cm³/mol. The summed E-state index contributed by atoms with van der Waals surface area (Å²) in [4.78, 5) is 21.2. The van der Waals surface area contributed by atoms with Gasteiger partial charge in [-0.05, 0) is 44.5 Å². The lowest BCUT2D eigenvalue weighted by atomic mass is 10.2. The minimum absolute atomic E-state index is 0.0533. The summed E-state index contributed by atoms with van der Waals surface area (Å²) in [5.41, 5.74) is 1.82. The lowest BCUT2D eigenvalue weighted by Gasteiger charge is -2.22. The summed E-state index contributed by atoms with van der Waals surface area (Å²) in [6.45, 7) is 10.5. The molecule has 2 aromatic carbocycles. The van der Waals surface area contributed by atoms with Crippen molar-refractivity contribution in [2.45, 2.75) is 20.8 Å². The molecule has 0 bridgehead atoms. The van der Waals surface area contributed by atoms with Gasteiger partial charge >= 0.3 is 0 Å². The maximum Gasteiger partial charge on any atom is 0.252 e. The third-order valence-electron chi connectivity index (χ3n) is 5.07. The first kappa shape index (κ1) is 22.0. The summed E-state index contributed by atoms with van der Waals surface area (Å²) in [7, 11) is 0. The second kappa shape index (κ2) is 10.9. The van der Waals surface area contributed by atoms with Crippen molar-refractivity contribution in [1.82, 2.24) is 4.98 Å². The Morgan fingerprint density at radius 3 is 2.57 bits per heavy atom. The van der Waals surface area contributed by atoms with Crippen LogP contribution in [0.1, 0.15) is 26.3 Å². The number of nitrogens with zero attached hydrogens (tertiary/aromatic N) is 2. The number of para-hydroxylation sites is 1. The lowest BCUT2D eigenvalue weighted by molar-refractivity contribution is -0.894. The molecule has 30 heavy (non-hydrogen) atoms. The number of benzene rings is 2. The Kier molecular flexibility index (Phi) is 7.99. The molecule has 3 aromatic rings. The number of thiazole rings is 1. The van der Waals surface area contributed by atoms with E-state index in [4.69, 9.17) is 9.72 Å². The SMILES string of the molecule is CCOc1cccc2sc(N(CC[NH+](CC)CC)C(=O)/C=C/c3ccccc3)nc12. The second-order valence-electron chi connectivity index (χ2n) is 6.97. The fraction of sp³-hybridized carbons (Fsp3) is 0.333. The number of fused-ring (bicyclic) bond motifs is 1. The molecule has 1 amide bonds. The van der Waals surface area contributed by atoms with Crippen molar-refractivity contribution in [3.8, 4) is 5.75 Å². The van der Waals surface area contributed by atoms with E-state index >= 15 is 0 Å². The molecule has 0 saturated heterocycles. The Balaban J connectivity index is 1.90. The third-order valence-corrected chi connectivity index (χ3v) is 6.12. The first-order valence-electron chi connectivity index (χ1n) is 10.6. The van der Waals surface area contributed by atoms with E-state index in [0.717, 1.165) is 41.2 Å². The van der Waals surface area contributed by atoms with E-state index in [1.54, 1.807) is 11.0 Å². The number of anilines is 1. The average molecular weight is 425 g/mol. The fourth-order valence-corrected chi connectivity index (χ4v) is 4.31. The molecule has 0 aliphatic rings. The molecule has 0 aliphatic carbocycles. The van der Waals surface area contributed by atoms with Gasteiger partial charge < -0.3 is 9.64 Å². The van der Waals surface area contributed by atoms with Crippen LogP contribution in [-0.4, -0.2) is 43.7 Å². The number of carbonyl (C=O) groups excluding carboxylic acids is 1. The van der Waals surface area contributed by atoms with Gasteiger partial charge in [-0.15, -0.1) is 0 Å². The van der Waals surface area contributed by atoms with E-state index < -0.39 is 0 Å². The molecular formula is C24H30N3O2S+. The topological polar surface area (TPSA) is 46.9 Å². The summed E-state index contributed by atoms with van der Waals surface area (Å²) >= 11 is 1.53. The Morgan fingerprint density at radius 1 is 1.10 bits per heavy atom. The Labute approximate surface area is 182 Å². The van der Waals surface area contributed by atoms with E-state index in [0.29, 0.717) is 18.3 Å². The smallest absolute Gasteiger partial charge is 0.252 e. The van der Waals surface area contributed by atoms with Crippen LogP contribution in [-0.2, 0) is 4.79 Å². The predicted octanol–water partition coefficient (Wildman–Crippen LogP) is 3.67. The minimum atomic E-state index is -0.0533. The normalized spacial score (nSPS) is 11.5. The standard InChI is InChI=1S/C24H29N3O2S/c1-4-26(5-2)17-18-27(22(28)16-15-19-11-8-7-9-12-19)24-25-23-20(29-6-3)13-10-14-21(23)30-24/h7-16H,4-6,17-18H2,1-3H3/p+1/b16-15+. The molecule has 6 heteroatoms. The minimum Gasteiger partial charge on any atom is -0.492 e. The van der Waals surface area contributed by atoms with Crippen LogP contribution in [0.15, 0.2) is 54.6 Å². The van der Waals surface area contributed by atoms with Gasteiger partial charge in [-0.2, -0.15) is 0 Å². The van der Waals surface area contributed by atoms with Crippen molar-refractivity contribution >= 4 is 38.7 Å². The third kappa shape index (κ3) is 5.46. The van der Waals surface area contributed by atoms with Crippen LogP contribution in [0.4, 0.5) is 5.13 Å². The van der Waals surface area contributed by atoms with Gasteiger partial charge in [0.05, 0.1) is 37.5 Å². The number of nitrogens with one attached hydrogen (secondary N) is 1. The van der Waals surface area contributed by atoms with Crippen LogP contribution in [0.2, 0.25) is 0 Å². The van der Waals surface area contributed by atoms with Crippen molar-refractivity contribution < 1.29 is 14.4 Å². The Hall–Kier alpha value is -2.70. The highest BCUT2D eigenvalue weighted by molar-refractivity contribution is 7.22. The van der Waals surface area contributed by atoms with Gasteiger partial charge in [0.25, 0.3) is 5.91 Å². The highest BCUT2D eigenvalue weighted by atomic mass is 32.1. The van der Waals surface area contributed by atoms with Crippen molar-refractivity contribution in [1.29, 1.82) is 0 Å². The quantitative estimate of drug-likeness (QED) is 0.505. The van der Waals surface area contributed by atoms with Crippen LogP contribution in [0.3, 0.4) is 0 Å². The largest absolute Gasteiger partial charge is 0.492 e. The molecule has 1 heterocycles. The van der Waals surface area contributed by atoms with Crippen LogP contribution in [0.5, 0.6) is 5.75 Å². The number of amides is 1. The maximum atomic E-state index is 13.2. The molecule has 1 N–H and O–H groups in total. The first-order valence-corrected chi connectivity index (χ1v) is 11.4. The zero-order valence-electron chi connectivity index (χ0n) is 17.9. The van der Waals surface area contributed by atoms with E-state index in [9.17, 15) is 4.79 Å². The highest BCUT2D eigenvalue weighted by Gasteiger charge is 2.21. The van der Waals surface area contributed by atoms with Crippen LogP contribution in [0, 0.1) is 0 Å². The molecule has 0 spiro atoms. The number of quaternary nitrogens is 1. The number of carbonyl (C=O) groups is 1. The molecule has 0 fully saturated rings. The maximum absolute atomic E-state index is 13.2. The van der Waals surface area contributed by atoms with E-state index in [1.165, 1.54) is 16.2 Å². The Bertz CT molecular complexity index is 981.